The van der Waals surface area contributed by atoms with Gasteiger partial charge >= 0.3 is 0 Å². The zero-order valence-electron chi connectivity index (χ0n) is 14.5. The second-order valence-electron chi connectivity index (χ2n) is 6.48. The van der Waals surface area contributed by atoms with Gasteiger partial charge in [-0.1, -0.05) is 36.8 Å². The number of likely N-dealkylation sites (tertiary alicyclic amines) is 1. The Bertz CT molecular complexity index is 724. The summed E-state index contributed by atoms with van der Waals surface area (Å²) in [6, 6.07) is 11.2. The zero-order valence-corrected chi connectivity index (χ0v) is 14.5. The largest absolute Gasteiger partial charge is 0.469 e. The first-order valence-corrected chi connectivity index (χ1v) is 8.83. The van der Waals surface area contributed by atoms with E-state index in [1.807, 2.05) is 35.2 Å². The Morgan fingerprint density at radius 2 is 2.00 bits per heavy atom. The van der Waals surface area contributed by atoms with Gasteiger partial charge in [-0.2, -0.15) is 0 Å². The highest BCUT2D eigenvalue weighted by molar-refractivity contribution is 5.95. The maximum atomic E-state index is 12.6. The van der Waals surface area contributed by atoms with E-state index in [0.29, 0.717) is 24.3 Å². The van der Waals surface area contributed by atoms with Crippen LogP contribution in [-0.2, 0) is 4.79 Å². The lowest BCUT2D eigenvalue weighted by atomic mass is 10.1. The number of carbonyl (C=O) groups is 2. The van der Waals surface area contributed by atoms with Gasteiger partial charge in [0.15, 0.2) is 0 Å². The topological polar surface area (TPSA) is 62.6 Å². The minimum Gasteiger partial charge on any atom is -0.469 e. The summed E-state index contributed by atoms with van der Waals surface area (Å²) in [5, 5.41) is 3.07. The number of carbonyl (C=O) groups excluding carboxylic acids is 2. The zero-order chi connectivity index (χ0) is 17.6. The molecule has 0 saturated carbocycles. The minimum absolute atomic E-state index is 0.173. The van der Waals surface area contributed by atoms with Crippen molar-refractivity contribution in [1.82, 2.24) is 10.2 Å². The van der Waals surface area contributed by atoms with Gasteiger partial charge in [-0.15, -0.1) is 0 Å². The van der Waals surface area contributed by atoms with Crippen LogP contribution in [0.25, 0.3) is 0 Å². The molecular formula is C20H24N2O3. The molecule has 0 bridgehead atoms. The maximum Gasteiger partial charge on any atom is 0.255 e. The Kier molecular flexibility index (Phi) is 5.53. The molecule has 1 aliphatic rings. The molecule has 0 aliphatic carbocycles. The molecule has 1 N–H and O–H groups in total. The molecular weight excluding hydrogens is 316 g/mol. The molecule has 3 rings (SSSR count). The van der Waals surface area contributed by atoms with E-state index in [1.54, 1.807) is 13.0 Å². The molecule has 1 fully saturated rings. The van der Waals surface area contributed by atoms with Gasteiger partial charge in [0.05, 0.1) is 17.9 Å². The summed E-state index contributed by atoms with van der Waals surface area (Å²) in [5.41, 5.74) is 1.53. The van der Waals surface area contributed by atoms with Crippen LogP contribution in [0.1, 0.15) is 53.4 Å². The van der Waals surface area contributed by atoms with Gasteiger partial charge in [0.25, 0.3) is 5.91 Å². The average molecular weight is 340 g/mol. The maximum absolute atomic E-state index is 12.6. The van der Waals surface area contributed by atoms with Gasteiger partial charge in [0, 0.05) is 19.5 Å². The van der Waals surface area contributed by atoms with Gasteiger partial charge in [-0.25, -0.2) is 0 Å². The highest BCUT2D eigenvalue weighted by Crippen LogP contribution is 2.19. The Labute approximate surface area is 148 Å². The summed E-state index contributed by atoms with van der Waals surface area (Å²) >= 11 is 0. The quantitative estimate of drug-likeness (QED) is 0.906. The van der Waals surface area contributed by atoms with Crippen molar-refractivity contribution in [2.45, 2.75) is 38.6 Å². The smallest absolute Gasteiger partial charge is 0.255 e. The van der Waals surface area contributed by atoms with Crippen LogP contribution < -0.4 is 5.32 Å². The van der Waals surface area contributed by atoms with Crippen LogP contribution in [0.2, 0.25) is 0 Å². The molecule has 2 amide bonds. The van der Waals surface area contributed by atoms with Crippen molar-refractivity contribution in [3.63, 3.8) is 0 Å². The predicted molar refractivity (Wildman–Crippen MR) is 95.1 cm³/mol. The first-order valence-electron chi connectivity index (χ1n) is 8.83. The van der Waals surface area contributed by atoms with Gasteiger partial charge < -0.3 is 14.6 Å². The molecule has 0 spiro atoms. The fourth-order valence-corrected chi connectivity index (χ4v) is 3.23. The van der Waals surface area contributed by atoms with Gasteiger partial charge in [-0.3, -0.25) is 9.59 Å². The molecule has 5 heteroatoms. The van der Waals surface area contributed by atoms with E-state index in [0.717, 1.165) is 31.4 Å². The van der Waals surface area contributed by atoms with Crippen LogP contribution in [0.15, 0.2) is 47.1 Å². The predicted octanol–water partition coefficient (Wildman–Crippen LogP) is 3.46. The average Bonchev–Trinajstić information content (AvgIpc) is 2.95. The Morgan fingerprint density at radius 1 is 1.20 bits per heavy atom. The van der Waals surface area contributed by atoms with Crippen molar-refractivity contribution >= 4 is 11.8 Å². The molecule has 1 aliphatic heterocycles. The Hall–Kier alpha value is -2.56. The molecule has 1 aromatic heterocycles. The SMILES string of the molecule is Cc1occc1C(=O)N[C@@H](CN1CCCCCC1=O)c1ccccc1. The van der Waals surface area contributed by atoms with Crippen molar-refractivity contribution in [3.8, 4) is 0 Å². The van der Waals surface area contributed by atoms with Crippen LogP contribution in [0.5, 0.6) is 0 Å². The van der Waals surface area contributed by atoms with E-state index in [9.17, 15) is 9.59 Å². The van der Waals surface area contributed by atoms with Crippen molar-refractivity contribution in [2.24, 2.45) is 0 Å². The van der Waals surface area contributed by atoms with Crippen molar-refractivity contribution in [3.05, 3.63) is 59.5 Å². The fraction of sp³-hybridized carbons (Fsp3) is 0.400. The summed E-state index contributed by atoms with van der Waals surface area (Å²) in [6.45, 7) is 3.01. The highest BCUT2D eigenvalue weighted by Gasteiger charge is 2.24. The number of furan rings is 1. The molecule has 2 aromatic rings. The third-order valence-corrected chi connectivity index (χ3v) is 4.69. The second-order valence-corrected chi connectivity index (χ2v) is 6.48. The standard InChI is InChI=1S/C20H24N2O3/c1-15-17(11-13-25-15)20(24)21-18(16-8-4-2-5-9-16)14-22-12-7-3-6-10-19(22)23/h2,4-5,8-9,11,13,18H,3,6-7,10,12,14H2,1H3,(H,21,24)/t18-/m0/s1. The van der Waals surface area contributed by atoms with E-state index in [1.165, 1.54) is 6.26 Å². The number of hydrogen-bond donors (Lipinski definition) is 1. The molecule has 1 aromatic carbocycles. The van der Waals surface area contributed by atoms with Crippen LogP contribution in [0.4, 0.5) is 0 Å². The summed E-state index contributed by atoms with van der Waals surface area (Å²) in [4.78, 5) is 26.9. The monoisotopic (exact) mass is 340 g/mol. The second kappa shape index (κ2) is 8.01. The van der Waals surface area contributed by atoms with Gasteiger partial charge in [-0.05, 0) is 31.4 Å². The van der Waals surface area contributed by atoms with E-state index in [4.69, 9.17) is 4.42 Å². The molecule has 25 heavy (non-hydrogen) atoms. The minimum atomic E-state index is -0.245. The van der Waals surface area contributed by atoms with Gasteiger partial charge in [0.1, 0.15) is 5.76 Å². The van der Waals surface area contributed by atoms with Crippen LogP contribution in [0.3, 0.4) is 0 Å². The molecule has 1 atom stereocenters. The Balaban J connectivity index is 1.79. The fourth-order valence-electron chi connectivity index (χ4n) is 3.23. The van der Waals surface area contributed by atoms with E-state index in [-0.39, 0.29) is 17.9 Å². The summed E-state index contributed by atoms with van der Waals surface area (Å²) < 4.78 is 5.23. The molecule has 0 unspecified atom stereocenters. The number of aryl methyl sites for hydroxylation is 1. The number of amides is 2. The van der Waals surface area contributed by atoms with Crippen LogP contribution >= 0.6 is 0 Å². The van der Waals surface area contributed by atoms with Crippen molar-refractivity contribution in [2.75, 3.05) is 13.1 Å². The third-order valence-electron chi connectivity index (χ3n) is 4.69. The number of rotatable bonds is 5. The normalized spacial score (nSPS) is 16.4. The van der Waals surface area contributed by atoms with E-state index < -0.39 is 0 Å². The van der Waals surface area contributed by atoms with E-state index in [2.05, 4.69) is 5.32 Å². The number of nitrogens with one attached hydrogen (secondary N) is 1. The summed E-state index contributed by atoms with van der Waals surface area (Å²) in [6.07, 6.45) is 5.16. The molecule has 5 nitrogen and oxygen atoms in total. The van der Waals surface area contributed by atoms with Gasteiger partial charge in [0.2, 0.25) is 5.91 Å². The molecule has 1 saturated heterocycles. The lowest BCUT2D eigenvalue weighted by molar-refractivity contribution is -0.131. The number of nitrogens with zero attached hydrogens (tertiary/aromatic N) is 1. The highest BCUT2D eigenvalue weighted by atomic mass is 16.3. The summed E-state index contributed by atoms with van der Waals surface area (Å²) in [5.74, 6) is 0.588. The van der Waals surface area contributed by atoms with Crippen molar-refractivity contribution in [1.29, 1.82) is 0 Å². The molecule has 0 radical (unpaired) electrons. The first-order chi connectivity index (χ1) is 12.1. The van der Waals surface area contributed by atoms with Crippen LogP contribution in [0, 0.1) is 6.92 Å². The number of benzene rings is 1. The number of hydrogen-bond acceptors (Lipinski definition) is 3. The Morgan fingerprint density at radius 3 is 2.72 bits per heavy atom. The molecule has 132 valence electrons. The van der Waals surface area contributed by atoms with Crippen LogP contribution in [-0.4, -0.2) is 29.8 Å². The first kappa shape index (κ1) is 17.3. The molecule has 2 heterocycles. The third kappa shape index (κ3) is 4.29. The van der Waals surface area contributed by atoms with E-state index >= 15 is 0 Å². The lowest BCUT2D eigenvalue weighted by Crippen LogP contribution is -2.40. The van der Waals surface area contributed by atoms with Crippen molar-refractivity contribution < 1.29 is 14.0 Å². The lowest BCUT2D eigenvalue weighted by Gasteiger charge is -2.27. The summed E-state index contributed by atoms with van der Waals surface area (Å²) in [7, 11) is 0.